The Morgan fingerprint density at radius 1 is 1.15 bits per heavy atom. The zero-order valence-corrected chi connectivity index (χ0v) is 12.1. The van der Waals surface area contributed by atoms with Gasteiger partial charge in [0, 0.05) is 12.1 Å². The molecule has 3 rings (SSSR count). The van der Waals surface area contributed by atoms with Gasteiger partial charge in [0.2, 0.25) is 5.91 Å². The van der Waals surface area contributed by atoms with Crippen molar-refractivity contribution in [3.05, 3.63) is 64.7 Å². The third-order valence-corrected chi connectivity index (χ3v) is 4.27. The largest absolute Gasteiger partial charge is 0.326 e. The number of anilines is 1. The Labute approximate surface area is 123 Å². The SMILES string of the molecule is Cc1ccccc1C(Cl)c1ccc2c(c1)CCC(=O)N2. The maximum atomic E-state index is 11.4. The molecule has 1 N–H and O–H groups in total. The summed E-state index contributed by atoms with van der Waals surface area (Å²) in [6.45, 7) is 2.07. The Morgan fingerprint density at radius 3 is 2.75 bits per heavy atom. The highest BCUT2D eigenvalue weighted by Crippen LogP contribution is 2.34. The van der Waals surface area contributed by atoms with E-state index in [-0.39, 0.29) is 11.3 Å². The summed E-state index contributed by atoms with van der Waals surface area (Å²) in [7, 11) is 0. The summed E-state index contributed by atoms with van der Waals surface area (Å²) in [5.41, 5.74) is 5.49. The van der Waals surface area contributed by atoms with Crippen LogP contribution in [0.3, 0.4) is 0 Å². The lowest BCUT2D eigenvalue weighted by atomic mass is 9.95. The second-order valence-electron chi connectivity index (χ2n) is 5.18. The summed E-state index contributed by atoms with van der Waals surface area (Å²) in [5, 5.41) is 2.74. The highest BCUT2D eigenvalue weighted by molar-refractivity contribution is 6.22. The Balaban J connectivity index is 1.95. The van der Waals surface area contributed by atoms with Crippen molar-refractivity contribution in [2.75, 3.05) is 5.32 Å². The highest BCUT2D eigenvalue weighted by Gasteiger charge is 2.18. The summed E-state index contributed by atoms with van der Waals surface area (Å²) in [6.07, 6.45) is 1.33. The van der Waals surface area contributed by atoms with E-state index in [9.17, 15) is 4.79 Å². The van der Waals surface area contributed by atoms with Crippen LogP contribution in [0.1, 0.15) is 34.1 Å². The summed E-state index contributed by atoms with van der Waals surface area (Å²) in [6, 6.07) is 14.2. The van der Waals surface area contributed by atoms with Crippen molar-refractivity contribution in [1.82, 2.24) is 0 Å². The molecular weight excluding hydrogens is 270 g/mol. The number of benzene rings is 2. The molecule has 0 bridgehead atoms. The molecule has 2 nitrogen and oxygen atoms in total. The number of nitrogens with one attached hydrogen (secondary N) is 1. The fourth-order valence-corrected chi connectivity index (χ4v) is 2.99. The number of carbonyl (C=O) groups excluding carboxylic acids is 1. The van der Waals surface area contributed by atoms with Crippen LogP contribution < -0.4 is 5.32 Å². The number of hydrogen-bond acceptors (Lipinski definition) is 1. The highest BCUT2D eigenvalue weighted by atomic mass is 35.5. The number of fused-ring (bicyclic) bond motifs is 1. The predicted molar refractivity (Wildman–Crippen MR) is 82.3 cm³/mol. The van der Waals surface area contributed by atoms with Crippen molar-refractivity contribution < 1.29 is 4.79 Å². The Kier molecular flexibility index (Phi) is 3.49. The molecular formula is C17H16ClNO. The first-order valence-electron chi connectivity index (χ1n) is 6.77. The molecule has 0 aromatic heterocycles. The van der Waals surface area contributed by atoms with E-state index in [4.69, 9.17) is 11.6 Å². The number of halogens is 1. The zero-order chi connectivity index (χ0) is 14.1. The van der Waals surface area contributed by atoms with E-state index in [1.54, 1.807) is 0 Å². The van der Waals surface area contributed by atoms with Crippen molar-refractivity contribution in [1.29, 1.82) is 0 Å². The van der Waals surface area contributed by atoms with Crippen LogP contribution in [0.25, 0.3) is 0 Å². The van der Waals surface area contributed by atoms with Gasteiger partial charge in [-0.3, -0.25) is 4.79 Å². The average Bonchev–Trinajstić information content (AvgIpc) is 2.46. The molecule has 0 radical (unpaired) electrons. The fraction of sp³-hybridized carbons (Fsp3) is 0.235. The molecule has 20 heavy (non-hydrogen) atoms. The van der Waals surface area contributed by atoms with Crippen molar-refractivity contribution in [2.24, 2.45) is 0 Å². The molecule has 0 saturated carbocycles. The van der Waals surface area contributed by atoms with Gasteiger partial charge in [-0.2, -0.15) is 0 Å². The van der Waals surface area contributed by atoms with Crippen LogP contribution in [0.5, 0.6) is 0 Å². The summed E-state index contributed by atoms with van der Waals surface area (Å²) >= 11 is 6.62. The first-order chi connectivity index (χ1) is 9.65. The van der Waals surface area contributed by atoms with Crippen LogP contribution in [0, 0.1) is 6.92 Å². The molecule has 1 unspecified atom stereocenters. The van der Waals surface area contributed by atoms with E-state index in [2.05, 4.69) is 30.4 Å². The second-order valence-corrected chi connectivity index (χ2v) is 5.62. The van der Waals surface area contributed by atoms with Gasteiger partial charge in [-0.05, 0) is 41.7 Å². The summed E-state index contributed by atoms with van der Waals surface area (Å²) in [4.78, 5) is 11.4. The smallest absolute Gasteiger partial charge is 0.224 e. The number of amides is 1. The minimum absolute atomic E-state index is 0.0894. The van der Waals surface area contributed by atoms with Crippen molar-refractivity contribution >= 4 is 23.2 Å². The molecule has 1 atom stereocenters. The molecule has 0 fully saturated rings. The van der Waals surface area contributed by atoms with Gasteiger partial charge in [-0.1, -0.05) is 36.4 Å². The van der Waals surface area contributed by atoms with E-state index in [1.807, 2.05) is 24.3 Å². The van der Waals surface area contributed by atoms with Crippen LogP contribution in [-0.4, -0.2) is 5.91 Å². The monoisotopic (exact) mass is 285 g/mol. The van der Waals surface area contributed by atoms with Gasteiger partial charge in [0.1, 0.15) is 0 Å². The molecule has 1 aliphatic heterocycles. The molecule has 0 spiro atoms. The third kappa shape index (κ3) is 2.44. The minimum Gasteiger partial charge on any atom is -0.326 e. The molecule has 1 heterocycles. The number of alkyl halides is 1. The molecule has 1 amide bonds. The van der Waals surface area contributed by atoms with E-state index in [1.165, 1.54) is 11.1 Å². The summed E-state index contributed by atoms with van der Waals surface area (Å²) in [5.74, 6) is 0.0894. The van der Waals surface area contributed by atoms with E-state index >= 15 is 0 Å². The normalized spacial score (nSPS) is 15.4. The predicted octanol–water partition coefficient (Wildman–Crippen LogP) is 4.21. The number of carbonyl (C=O) groups is 1. The Bertz CT molecular complexity index is 666. The quantitative estimate of drug-likeness (QED) is 0.823. The van der Waals surface area contributed by atoms with Gasteiger partial charge in [0.15, 0.2) is 0 Å². The first-order valence-corrected chi connectivity index (χ1v) is 7.21. The van der Waals surface area contributed by atoms with Crippen molar-refractivity contribution in [3.63, 3.8) is 0 Å². The van der Waals surface area contributed by atoms with E-state index in [0.717, 1.165) is 23.2 Å². The van der Waals surface area contributed by atoms with Gasteiger partial charge in [0.05, 0.1) is 5.38 Å². The first kappa shape index (κ1) is 13.2. The zero-order valence-electron chi connectivity index (χ0n) is 11.3. The van der Waals surface area contributed by atoms with E-state index in [0.29, 0.717) is 6.42 Å². The lowest BCUT2D eigenvalue weighted by Gasteiger charge is -2.20. The Hall–Kier alpha value is -1.80. The Morgan fingerprint density at radius 2 is 1.95 bits per heavy atom. The fourth-order valence-electron chi connectivity index (χ4n) is 2.61. The van der Waals surface area contributed by atoms with Crippen LogP contribution in [0.4, 0.5) is 5.69 Å². The maximum Gasteiger partial charge on any atom is 0.224 e. The molecule has 102 valence electrons. The average molecular weight is 286 g/mol. The standard InChI is InChI=1S/C17H16ClNO/c1-11-4-2-3-5-14(11)17(18)13-6-8-15-12(10-13)7-9-16(20)19-15/h2-6,8,10,17H,7,9H2,1H3,(H,19,20). The van der Waals surface area contributed by atoms with Crippen molar-refractivity contribution in [2.45, 2.75) is 25.1 Å². The number of rotatable bonds is 2. The van der Waals surface area contributed by atoms with Gasteiger partial charge >= 0.3 is 0 Å². The van der Waals surface area contributed by atoms with Crippen LogP contribution >= 0.6 is 11.6 Å². The van der Waals surface area contributed by atoms with Crippen LogP contribution in [-0.2, 0) is 11.2 Å². The molecule has 0 aliphatic carbocycles. The maximum absolute atomic E-state index is 11.4. The van der Waals surface area contributed by atoms with Gasteiger partial charge in [-0.25, -0.2) is 0 Å². The molecule has 1 aliphatic rings. The topological polar surface area (TPSA) is 29.1 Å². The van der Waals surface area contributed by atoms with Crippen molar-refractivity contribution in [3.8, 4) is 0 Å². The second kappa shape index (κ2) is 5.29. The van der Waals surface area contributed by atoms with Crippen LogP contribution in [0.15, 0.2) is 42.5 Å². The molecule has 0 saturated heterocycles. The van der Waals surface area contributed by atoms with Crippen LogP contribution in [0.2, 0.25) is 0 Å². The molecule has 3 heteroatoms. The lowest BCUT2D eigenvalue weighted by Crippen LogP contribution is -2.19. The number of hydrogen-bond donors (Lipinski definition) is 1. The summed E-state index contributed by atoms with van der Waals surface area (Å²) < 4.78 is 0. The molecule has 2 aromatic carbocycles. The minimum atomic E-state index is -0.154. The van der Waals surface area contributed by atoms with Gasteiger partial charge in [-0.15, -0.1) is 11.6 Å². The molecule has 2 aromatic rings. The number of aryl methyl sites for hydroxylation is 2. The lowest BCUT2D eigenvalue weighted by molar-refractivity contribution is -0.116. The van der Waals surface area contributed by atoms with Gasteiger partial charge in [0.25, 0.3) is 0 Å². The van der Waals surface area contributed by atoms with Gasteiger partial charge < -0.3 is 5.32 Å². The third-order valence-electron chi connectivity index (χ3n) is 3.78. The van der Waals surface area contributed by atoms with E-state index < -0.39 is 0 Å².